The summed E-state index contributed by atoms with van der Waals surface area (Å²) in [5, 5.41) is 6.93. The van der Waals surface area contributed by atoms with Gasteiger partial charge in [0, 0.05) is 22.8 Å². The number of allylic oxidation sites excluding steroid dienone is 1. The van der Waals surface area contributed by atoms with Gasteiger partial charge in [-0.3, -0.25) is 4.79 Å². The highest BCUT2D eigenvalue weighted by atomic mass is 32.1. The Labute approximate surface area is 137 Å². The number of hydrogen-bond donors (Lipinski definition) is 2. The van der Waals surface area contributed by atoms with Gasteiger partial charge in [-0.2, -0.15) is 10.1 Å². The zero-order chi connectivity index (χ0) is 16.4. The van der Waals surface area contributed by atoms with Crippen LogP contribution in [0.15, 0.2) is 34.5 Å². The molecule has 4 N–H and O–H groups in total. The first-order chi connectivity index (χ1) is 11.0. The van der Waals surface area contributed by atoms with Crippen molar-refractivity contribution in [2.24, 2.45) is 22.4 Å². The summed E-state index contributed by atoms with van der Waals surface area (Å²) in [6.07, 6.45) is 7.29. The molecule has 0 aromatic carbocycles. The highest BCUT2D eigenvalue weighted by Gasteiger charge is 2.24. The second kappa shape index (κ2) is 6.33. The fourth-order valence-electron chi connectivity index (χ4n) is 2.10. The predicted molar refractivity (Wildman–Crippen MR) is 89.3 cm³/mol. The van der Waals surface area contributed by atoms with Crippen molar-refractivity contribution in [2.45, 2.75) is 26.2 Å². The third kappa shape index (κ3) is 4.04. The molecule has 8 heteroatoms. The maximum Gasteiger partial charge on any atom is 0.252 e. The minimum absolute atomic E-state index is 0.141. The zero-order valence-electron chi connectivity index (χ0n) is 12.8. The van der Waals surface area contributed by atoms with Gasteiger partial charge < -0.3 is 11.5 Å². The van der Waals surface area contributed by atoms with Crippen molar-refractivity contribution < 1.29 is 4.79 Å². The number of thiazole rings is 1. The number of carbonyl (C=O) groups is 1. The lowest BCUT2D eigenvalue weighted by Gasteiger charge is -1.98. The van der Waals surface area contributed by atoms with Crippen LogP contribution in [0.4, 0.5) is 0 Å². The summed E-state index contributed by atoms with van der Waals surface area (Å²) in [6.45, 7) is 1.92. The first-order valence-electron chi connectivity index (χ1n) is 7.31. The van der Waals surface area contributed by atoms with Gasteiger partial charge in [-0.1, -0.05) is 0 Å². The lowest BCUT2D eigenvalue weighted by Crippen LogP contribution is -2.15. The van der Waals surface area contributed by atoms with E-state index in [9.17, 15) is 4.79 Å². The molecule has 2 aromatic rings. The van der Waals surface area contributed by atoms with Crippen molar-refractivity contribution in [3.05, 3.63) is 40.8 Å². The summed E-state index contributed by atoms with van der Waals surface area (Å²) < 4.78 is 1.65. The van der Waals surface area contributed by atoms with E-state index in [0.29, 0.717) is 11.6 Å². The third-order valence-corrected chi connectivity index (χ3v) is 4.36. The summed E-state index contributed by atoms with van der Waals surface area (Å²) in [5.41, 5.74) is 14.0. The lowest BCUT2D eigenvalue weighted by atomic mass is 10.2. The van der Waals surface area contributed by atoms with Gasteiger partial charge in [0.25, 0.3) is 5.91 Å². The molecule has 2 aromatic heterocycles. The molecule has 3 rings (SSSR count). The van der Waals surface area contributed by atoms with Crippen LogP contribution in [-0.2, 0) is 11.2 Å². The van der Waals surface area contributed by atoms with Crippen molar-refractivity contribution in [2.75, 3.05) is 0 Å². The number of amidine groups is 1. The first-order valence-corrected chi connectivity index (χ1v) is 8.19. The van der Waals surface area contributed by atoms with Gasteiger partial charge in [0.05, 0.1) is 18.3 Å². The van der Waals surface area contributed by atoms with E-state index in [-0.39, 0.29) is 18.2 Å². The lowest BCUT2D eigenvalue weighted by molar-refractivity contribution is -0.117. The molecule has 0 bridgehead atoms. The molecular weight excluding hydrogens is 312 g/mol. The normalized spacial score (nSPS) is 15.9. The Balaban J connectivity index is 1.64. The maximum atomic E-state index is 12.0. The van der Waals surface area contributed by atoms with Crippen LogP contribution in [-0.4, -0.2) is 26.5 Å². The van der Waals surface area contributed by atoms with Gasteiger partial charge in [0.2, 0.25) is 5.13 Å². The van der Waals surface area contributed by atoms with Crippen molar-refractivity contribution in [1.82, 2.24) is 14.8 Å². The monoisotopic (exact) mass is 330 g/mol. The Kier molecular flexibility index (Phi) is 4.24. The minimum Gasteiger partial charge on any atom is -0.402 e. The highest BCUT2D eigenvalue weighted by molar-refractivity contribution is 7.12. The summed E-state index contributed by atoms with van der Waals surface area (Å²) >= 11 is 1.50. The van der Waals surface area contributed by atoms with Crippen molar-refractivity contribution in [3.8, 4) is 5.13 Å². The van der Waals surface area contributed by atoms with Gasteiger partial charge >= 0.3 is 0 Å². The van der Waals surface area contributed by atoms with Crippen LogP contribution in [0.5, 0.6) is 0 Å². The minimum atomic E-state index is -0.322. The van der Waals surface area contributed by atoms with Crippen LogP contribution in [0.1, 0.15) is 24.1 Å². The predicted octanol–water partition coefficient (Wildman–Crippen LogP) is 1.32. The average Bonchev–Trinajstić information content (AvgIpc) is 3.10. The second-order valence-electron chi connectivity index (χ2n) is 5.59. The highest BCUT2D eigenvalue weighted by Crippen LogP contribution is 2.33. The largest absolute Gasteiger partial charge is 0.402 e. The summed E-state index contributed by atoms with van der Waals surface area (Å²) in [7, 11) is 0. The van der Waals surface area contributed by atoms with Crippen molar-refractivity contribution >= 4 is 23.1 Å². The molecule has 1 saturated carbocycles. The molecule has 0 spiro atoms. The van der Waals surface area contributed by atoms with E-state index >= 15 is 0 Å². The van der Waals surface area contributed by atoms with Gasteiger partial charge in [-0.05, 0) is 31.8 Å². The quantitative estimate of drug-likeness (QED) is 0.634. The molecule has 120 valence electrons. The SMILES string of the molecule is Cc1csc(-n2cc(CC(=O)N=C(N)/C=C(\N)C3CC3)cn2)n1. The molecular formula is C15H18N6OS. The fraction of sp³-hybridized carbons (Fsp3) is 0.333. The zero-order valence-corrected chi connectivity index (χ0v) is 13.6. The topological polar surface area (TPSA) is 112 Å². The van der Waals surface area contributed by atoms with E-state index in [1.54, 1.807) is 23.2 Å². The van der Waals surface area contributed by atoms with Crippen LogP contribution in [0.2, 0.25) is 0 Å². The van der Waals surface area contributed by atoms with E-state index in [2.05, 4.69) is 15.1 Å². The van der Waals surface area contributed by atoms with E-state index in [1.807, 2.05) is 12.3 Å². The Morgan fingerprint density at radius 1 is 1.52 bits per heavy atom. The van der Waals surface area contributed by atoms with Crippen LogP contribution in [0, 0.1) is 12.8 Å². The van der Waals surface area contributed by atoms with Gasteiger partial charge in [0.1, 0.15) is 5.84 Å². The molecule has 0 radical (unpaired) electrons. The Morgan fingerprint density at radius 3 is 2.96 bits per heavy atom. The fourth-order valence-corrected chi connectivity index (χ4v) is 2.83. The molecule has 0 saturated heterocycles. The van der Waals surface area contributed by atoms with E-state index in [1.165, 1.54) is 11.3 Å². The standard InChI is InChI=1S/C15H18N6OS/c1-9-8-23-15(19-9)21-7-10(6-18-21)4-14(22)20-13(17)5-12(16)11-2-3-11/h5-8,11H,2-4,16H2,1H3,(H2,17,20,22)/b12-5-. The number of aliphatic imine (C=N–C) groups is 1. The van der Waals surface area contributed by atoms with Crippen molar-refractivity contribution in [3.63, 3.8) is 0 Å². The molecule has 1 aliphatic carbocycles. The summed E-state index contributed by atoms with van der Waals surface area (Å²) in [6, 6.07) is 0. The van der Waals surface area contributed by atoms with Gasteiger partial charge in [0.15, 0.2) is 0 Å². The van der Waals surface area contributed by atoms with E-state index in [0.717, 1.165) is 29.2 Å². The Hall–Kier alpha value is -2.48. The molecule has 0 atom stereocenters. The number of hydrogen-bond acceptors (Lipinski definition) is 5. The number of amides is 1. The smallest absolute Gasteiger partial charge is 0.252 e. The third-order valence-electron chi connectivity index (χ3n) is 3.41. The molecule has 7 nitrogen and oxygen atoms in total. The number of carbonyl (C=O) groups excluding carboxylic acids is 1. The molecule has 23 heavy (non-hydrogen) atoms. The molecule has 2 heterocycles. The Bertz CT molecular complexity index is 783. The van der Waals surface area contributed by atoms with Gasteiger partial charge in [-0.25, -0.2) is 9.67 Å². The van der Waals surface area contributed by atoms with Crippen LogP contribution in [0.3, 0.4) is 0 Å². The van der Waals surface area contributed by atoms with E-state index in [4.69, 9.17) is 11.5 Å². The molecule has 1 amide bonds. The molecule has 1 aliphatic rings. The number of rotatable bonds is 5. The maximum absolute atomic E-state index is 12.0. The first kappa shape index (κ1) is 15.4. The number of aryl methyl sites for hydroxylation is 1. The van der Waals surface area contributed by atoms with E-state index < -0.39 is 0 Å². The van der Waals surface area contributed by atoms with Crippen molar-refractivity contribution in [1.29, 1.82) is 0 Å². The molecule has 0 unspecified atom stereocenters. The Morgan fingerprint density at radius 2 is 2.30 bits per heavy atom. The van der Waals surface area contributed by atoms with Gasteiger partial charge in [-0.15, -0.1) is 11.3 Å². The number of nitrogens with two attached hydrogens (primary N) is 2. The molecule has 0 aliphatic heterocycles. The number of aromatic nitrogens is 3. The summed E-state index contributed by atoms with van der Waals surface area (Å²) in [4.78, 5) is 20.2. The number of nitrogens with zero attached hydrogens (tertiary/aromatic N) is 4. The summed E-state index contributed by atoms with van der Waals surface area (Å²) in [5.74, 6) is 0.235. The molecule has 1 fully saturated rings. The van der Waals surface area contributed by atoms with Crippen LogP contribution < -0.4 is 11.5 Å². The average molecular weight is 330 g/mol. The van der Waals surface area contributed by atoms with Crippen LogP contribution in [0.25, 0.3) is 5.13 Å². The van der Waals surface area contributed by atoms with Crippen LogP contribution >= 0.6 is 11.3 Å². The second-order valence-corrected chi connectivity index (χ2v) is 6.43.